The average Bonchev–Trinajstić information content (AvgIpc) is 2.47. The van der Waals surface area contributed by atoms with Gasteiger partial charge in [-0.15, -0.1) is 0 Å². The van der Waals surface area contributed by atoms with Gasteiger partial charge in [-0.05, 0) is 89.4 Å². The second kappa shape index (κ2) is 5.96. The van der Waals surface area contributed by atoms with Crippen molar-refractivity contribution in [2.24, 2.45) is 0 Å². The molecule has 3 rings (SSSR count). The van der Waals surface area contributed by atoms with E-state index in [2.05, 4.69) is 27.9 Å². The fraction of sp³-hybridized carbons (Fsp3) is 0.294. The molecule has 0 saturated heterocycles. The highest BCUT2D eigenvalue weighted by molar-refractivity contribution is 14.1. The van der Waals surface area contributed by atoms with E-state index in [9.17, 15) is 15.3 Å². The van der Waals surface area contributed by atoms with Gasteiger partial charge in [0.1, 0.15) is 5.75 Å². The molecular formula is C17H18INO3. The summed E-state index contributed by atoms with van der Waals surface area (Å²) in [6, 6.07) is 7.38. The summed E-state index contributed by atoms with van der Waals surface area (Å²) in [5, 5.41) is 32.8. The Morgan fingerprint density at radius 1 is 1.14 bits per heavy atom. The van der Waals surface area contributed by atoms with E-state index in [4.69, 9.17) is 0 Å². The molecule has 0 bridgehead atoms. The molecule has 0 fully saturated rings. The van der Waals surface area contributed by atoms with E-state index in [1.54, 1.807) is 12.1 Å². The topological polar surface area (TPSA) is 72.7 Å². The monoisotopic (exact) mass is 411 g/mol. The van der Waals surface area contributed by atoms with Crippen LogP contribution in [0.15, 0.2) is 24.3 Å². The van der Waals surface area contributed by atoms with Gasteiger partial charge in [0.05, 0.1) is 3.57 Å². The molecule has 1 aliphatic rings. The average molecular weight is 411 g/mol. The normalized spacial score (nSPS) is 17.3. The number of rotatable bonds is 2. The first-order valence-corrected chi connectivity index (χ1v) is 8.29. The van der Waals surface area contributed by atoms with Crippen LogP contribution in [-0.2, 0) is 12.8 Å². The van der Waals surface area contributed by atoms with Crippen LogP contribution in [0.3, 0.4) is 0 Å². The van der Waals surface area contributed by atoms with E-state index >= 15 is 0 Å². The molecule has 4 nitrogen and oxygen atoms in total. The molecule has 0 amide bonds. The van der Waals surface area contributed by atoms with Crippen molar-refractivity contribution in [3.63, 3.8) is 0 Å². The minimum absolute atomic E-state index is 0.0607. The number of phenolic OH excluding ortho intramolecular Hbond substituents is 3. The molecule has 0 spiro atoms. The lowest BCUT2D eigenvalue weighted by atomic mass is 9.89. The SMILES string of the molecule is Cc1cc(CC2NCCc3cc(O)c(O)cc32)cc(I)c1O. The van der Waals surface area contributed by atoms with E-state index < -0.39 is 0 Å². The Kier molecular flexibility index (Phi) is 4.18. The van der Waals surface area contributed by atoms with Gasteiger partial charge < -0.3 is 20.6 Å². The van der Waals surface area contributed by atoms with Crippen molar-refractivity contribution in [3.8, 4) is 17.2 Å². The fourth-order valence-corrected chi connectivity index (χ4v) is 3.84. The second-order valence-electron chi connectivity index (χ2n) is 5.74. The van der Waals surface area contributed by atoms with Crippen LogP contribution in [0.25, 0.3) is 0 Å². The van der Waals surface area contributed by atoms with Gasteiger partial charge in [-0.3, -0.25) is 0 Å². The summed E-state index contributed by atoms with van der Waals surface area (Å²) >= 11 is 2.14. The van der Waals surface area contributed by atoms with Gasteiger partial charge in [-0.1, -0.05) is 6.07 Å². The molecule has 4 N–H and O–H groups in total. The summed E-state index contributed by atoms with van der Waals surface area (Å²) in [5.41, 5.74) is 4.11. The number of hydrogen-bond donors (Lipinski definition) is 4. The predicted octanol–water partition coefficient (Wildman–Crippen LogP) is 3.15. The molecule has 0 aliphatic carbocycles. The minimum atomic E-state index is -0.0797. The number of fused-ring (bicyclic) bond motifs is 1. The highest BCUT2D eigenvalue weighted by atomic mass is 127. The van der Waals surface area contributed by atoms with Crippen molar-refractivity contribution in [2.45, 2.75) is 25.8 Å². The van der Waals surface area contributed by atoms with E-state index in [1.165, 1.54) is 0 Å². The molecule has 1 aliphatic heterocycles. The van der Waals surface area contributed by atoms with Crippen LogP contribution in [0.2, 0.25) is 0 Å². The Labute approximate surface area is 143 Å². The maximum Gasteiger partial charge on any atom is 0.157 e. The Bertz CT molecular complexity index is 707. The van der Waals surface area contributed by atoms with Gasteiger partial charge in [0.25, 0.3) is 0 Å². The maximum absolute atomic E-state index is 9.88. The largest absolute Gasteiger partial charge is 0.507 e. The van der Waals surface area contributed by atoms with Crippen LogP contribution in [0.5, 0.6) is 17.2 Å². The molecule has 0 aromatic heterocycles. The van der Waals surface area contributed by atoms with Crippen LogP contribution < -0.4 is 5.32 Å². The Morgan fingerprint density at radius 3 is 2.59 bits per heavy atom. The first kappa shape index (κ1) is 15.4. The van der Waals surface area contributed by atoms with E-state index in [-0.39, 0.29) is 17.5 Å². The van der Waals surface area contributed by atoms with Crippen LogP contribution in [0.1, 0.15) is 28.3 Å². The van der Waals surface area contributed by atoms with E-state index in [1.807, 2.05) is 19.1 Å². The van der Waals surface area contributed by atoms with Gasteiger partial charge in [0.15, 0.2) is 11.5 Å². The zero-order chi connectivity index (χ0) is 15.9. The summed E-state index contributed by atoms with van der Waals surface area (Å²) in [4.78, 5) is 0. The lowest BCUT2D eigenvalue weighted by Crippen LogP contribution is -2.31. The summed E-state index contributed by atoms with van der Waals surface area (Å²) in [5.74, 6) is 0.197. The van der Waals surface area contributed by atoms with E-state index in [0.717, 1.165) is 45.2 Å². The standard InChI is InChI=1S/C17H18INO3/c1-9-4-10(5-13(18)17(9)22)6-14-12-8-16(21)15(20)7-11(12)2-3-19-14/h4-5,7-8,14,19-22H,2-3,6H2,1H3. The molecule has 2 aromatic carbocycles. The number of aromatic hydroxyl groups is 3. The van der Waals surface area contributed by atoms with Crippen molar-refractivity contribution in [1.82, 2.24) is 5.32 Å². The Morgan fingerprint density at radius 2 is 1.86 bits per heavy atom. The summed E-state index contributed by atoms with van der Waals surface area (Å²) in [6.07, 6.45) is 1.61. The van der Waals surface area contributed by atoms with Crippen LogP contribution in [0.4, 0.5) is 0 Å². The molecule has 1 unspecified atom stereocenters. The van der Waals surface area contributed by atoms with Crippen molar-refractivity contribution >= 4 is 22.6 Å². The lowest BCUT2D eigenvalue weighted by molar-refractivity contribution is 0.398. The number of nitrogens with one attached hydrogen (secondary N) is 1. The van der Waals surface area contributed by atoms with Crippen LogP contribution in [-0.4, -0.2) is 21.9 Å². The molecule has 0 saturated carbocycles. The van der Waals surface area contributed by atoms with Crippen molar-refractivity contribution in [1.29, 1.82) is 0 Å². The Hall–Kier alpha value is -1.47. The van der Waals surface area contributed by atoms with E-state index in [0.29, 0.717) is 5.75 Å². The lowest BCUT2D eigenvalue weighted by Gasteiger charge is -2.27. The highest BCUT2D eigenvalue weighted by Gasteiger charge is 2.22. The highest BCUT2D eigenvalue weighted by Crippen LogP contribution is 2.35. The van der Waals surface area contributed by atoms with Crippen molar-refractivity contribution in [3.05, 3.63) is 50.1 Å². The number of hydrogen-bond acceptors (Lipinski definition) is 4. The molecular weight excluding hydrogens is 393 g/mol. The predicted molar refractivity (Wildman–Crippen MR) is 93.5 cm³/mol. The smallest absolute Gasteiger partial charge is 0.157 e. The van der Waals surface area contributed by atoms with Crippen molar-refractivity contribution < 1.29 is 15.3 Å². The molecule has 2 aromatic rings. The number of aryl methyl sites for hydroxylation is 1. The van der Waals surface area contributed by atoms with Crippen molar-refractivity contribution in [2.75, 3.05) is 6.54 Å². The summed E-state index contributed by atoms with van der Waals surface area (Å²) in [7, 11) is 0. The quantitative estimate of drug-likeness (QED) is 0.453. The maximum atomic E-state index is 9.88. The molecule has 22 heavy (non-hydrogen) atoms. The fourth-order valence-electron chi connectivity index (χ4n) is 3.01. The van der Waals surface area contributed by atoms with Crippen LogP contribution in [0, 0.1) is 10.5 Å². The first-order valence-electron chi connectivity index (χ1n) is 7.22. The molecule has 116 valence electrons. The van der Waals surface area contributed by atoms with Gasteiger partial charge in [0, 0.05) is 6.04 Å². The third-order valence-corrected chi connectivity index (χ3v) is 4.97. The number of halogens is 1. The molecule has 1 heterocycles. The van der Waals surface area contributed by atoms with Crippen LogP contribution >= 0.6 is 22.6 Å². The molecule has 1 atom stereocenters. The second-order valence-corrected chi connectivity index (χ2v) is 6.91. The zero-order valence-electron chi connectivity index (χ0n) is 12.2. The zero-order valence-corrected chi connectivity index (χ0v) is 14.4. The minimum Gasteiger partial charge on any atom is -0.507 e. The number of phenols is 3. The summed E-state index contributed by atoms with van der Waals surface area (Å²) in [6.45, 7) is 2.74. The third kappa shape index (κ3) is 2.87. The number of benzene rings is 2. The Balaban J connectivity index is 1.94. The first-order chi connectivity index (χ1) is 10.5. The van der Waals surface area contributed by atoms with Gasteiger partial charge in [0.2, 0.25) is 0 Å². The summed E-state index contributed by atoms with van der Waals surface area (Å²) < 4.78 is 0.845. The van der Waals surface area contributed by atoms with Gasteiger partial charge in [-0.25, -0.2) is 0 Å². The molecule has 0 radical (unpaired) electrons. The third-order valence-electron chi connectivity index (χ3n) is 4.15. The van der Waals surface area contributed by atoms with Gasteiger partial charge >= 0.3 is 0 Å². The molecule has 5 heteroatoms. The van der Waals surface area contributed by atoms with Gasteiger partial charge in [-0.2, -0.15) is 0 Å².